The van der Waals surface area contributed by atoms with Crippen molar-refractivity contribution >= 4 is 98.7 Å². The van der Waals surface area contributed by atoms with Crippen molar-refractivity contribution in [3.05, 3.63) is 196 Å². The maximum absolute atomic E-state index is 13.0. The molecule has 1 saturated carbocycles. The highest BCUT2D eigenvalue weighted by molar-refractivity contribution is 7.12. The highest BCUT2D eigenvalue weighted by Crippen LogP contribution is 2.41. The maximum atomic E-state index is 13.0. The summed E-state index contributed by atoms with van der Waals surface area (Å²) in [7, 11) is 0. The summed E-state index contributed by atoms with van der Waals surface area (Å²) in [4.78, 5) is 45.2. The van der Waals surface area contributed by atoms with Crippen LogP contribution in [-0.2, 0) is 29.2 Å². The third-order valence-electron chi connectivity index (χ3n) is 13.4. The summed E-state index contributed by atoms with van der Waals surface area (Å²) in [5.74, 6) is 0.644. The molecule has 0 saturated heterocycles. The molecular weight excluding hydrogens is 1010 g/mol. The number of halogens is 6. The van der Waals surface area contributed by atoms with E-state index < -0.39 is 0 Å². The van der Waals surface area contributed by atoms with Gasteiger partial charge in [-0.05, 0) is 114 Å². The second kappa shape index (κ2) is 21.4. The molecule has 11 rings (SSSR count). The first-order valence-corrected chi connectivity index (χ1v) is 26.2. The van der Waals surface area contributed by atoms with E-state index in [-0.39, 0.29) is 47.7 Å². The van der Waals surface area contributed by atoms with E-state index >= 15 is 0 Å². The van der Waals surface area contributed by atoms with Gasteiger partial charge in [0.1, 0.15) is 0 Å². The van der Waals surface area contributed by atoms with E-state index in [4.69, 9.17) is 69.6 Å². The Labute approximate surface area is 436 Å². The van der Waals surface area contributed by atoms with Gasteiger partial charge in [0, 0.05) is 86.8 Å². The Bertz CT molecular complexity index is 2980. The van der Waals surface area contributed by atoms with Crippen molar-refractivity contribution in [1.82, 2.24) is 28.4 Å². The minimum Gasteiger partial charge on any atom is -0.348 e. The molecule has 3 atom stereocenters. The first kappa shape index (κ1) is 49.3. The van der Waals surface area contributed by atoms with Crippen LogP contribution >= 0.6 is 80.9 Å². The Morgan fingerprint density at radius 2 is 0.928 bits per heavy atom. The van der Waals surface area contributed by atoms with Crippen LogP contribution in [0, 0.1) is 11.8 Å². The monoisotopic (exact) mass is 1060 g/mol. The summed E-state index contributed by atoms with van der Waals surface area (Å²) < 4.78 is 6.60. The lowest BCUT2D eigenvalue weighted by molar-refractivity contribution is -0.141. The largest absolute Gasteiger partial charge is 0.348 e. The molecule has 0 bridgehead atoms. The number of rotatable bonds is 6. The molecule has 9 nitrogen and oxygen atoms in total. The molecule has 3 aromatic carbocycles. The Balaban J connectivity index is 0.000000129. The summed E-state index contributed by atoms with van der Waals surface area (Å²) in [5.41, 5.74) is 6.31. The van der Waals surface area contributed by atoms with E-state index in [2.05, 4.69) is 44.3 Å². The van der Waals surface area contributed by atoms with Crippen molar-refractivity contribution in [2.45, 2.75) is 70.9 Å². The number of carbonyl (C=O) groups is 3. The molecule has 0 radical (unpaired) electrons. The van der Waals surface area contributed by atoms with Crippen LogP contribution in [0.15, 0.2) is 127 Å². The van der Waals surface area contributed by atoms with Gasteiger partial charge in [-0.2, -0.15) is 0 Å². The first-order valence-electron chi connectivity index (χ1n) is 23.0. The lowest BCUT2D eigenvalue weighted by Gasteiger charge is -2.41. The zero-order valence-corrected chi connectivity index (χ0v) is 43.3. The average Bonchev–Trinajstić information content (AvgIpc) is 4.19. The molecular formula is C53H50Cl6N6O3S. The number of fused-ring (bicyclic) bond motifs is 3. The van der Waals surface area contributed by atoms with Crippen LogP contribution in [-0.4, -0.2) is 65.8 Å². The van der Waals surface area contributed by atoms with Gasteiger partial charge in [-0.1, -0.05) is 114 Å². The third-order valence-corrected chi connectivity index (χ3v) is 16.5. The number of amides is 3. The van der Waals surface area contributed by atoms with Gasteiger partial charge in [0.05, 0.1) is 53.1 Å². The third kappa shape index (κ3) is 10.3. The second-order valence-corrected chi connectivity index (χ2v) is 21.3. The Morgan fingerprint density at radius 3 is 1.32 bits per heavy atom. The second-order valence-electron chi connectivity index (χ2n) is 17.9. The van der Waals surface area contributed by atoms with E-state index in [1.165, 1.54) is 11.3 Å². The minimum atomic E-state index is -0.168. The van der Waals surface area contributed by atoms with Gasteiger partial charge in [0.2, 0.25) is 11.8 Å². The van der Waals surface area contributed by atoms with Crippen molar-refractivity contribution < 1.29 is 14.4 Å². The number of hydrogen-bond donors (Lipinski definition) is 0. The van der Waals surface area contributed by atoms with Gasteiger partial charge >= 0.3 is 0 Å². The molecule has 0 N–H and O–H groups in total. The zero-order valence-electron chi connectivity index (χ0n) is 38.0. The first-order chi connectivity index (χ1) is 33.3. The SMILES string of the molecule is CC(C)C(=O)N1CCn2cccc2C1c1ccc(Cl)c(Cl)c1.O=C(C1CCC1)N1CCn2cccc2C1c1ccc(Cl)c(Cl)c1.O=C(c1cccs1)N1CCn2cccc2C1c1ccc(Cl)c(Cl)c1. The predicted molar refractivity (Wildman–Crippen MR) is 279 cm³/mol. The van der Waals surface area contributed by atoms with Crippen molar-refractivity contribution in [2.24, 2.45) is 11.8 Å². The fraction of sp³-hybridized carbons (Fsp3) is 0.302. The van der Waals surface area contributed by atoms with E-state index in [1.54, 1.807) is 12.1 Å². The van der Waals surface area contributed by atoms with Gasteiger partial charge in [0.25, 0.3) is 5.91 Å². The molecule has 1 fully saturated rings. The average molecular weight is 1060 g/mol. The molecule has 3 aliphatic heterocycles. The molecule has 7 heterocycles. The molecule has 358 valence electrons. The van der Waals surface area contributed by atoms with Crippen LogP contribution in [0.2, 0.25) is 30.1 Å². The van der Waals surface area contributed by atoms with Crippen LogP contribution in [0.5, 0.6) is 0 Å². The lowest BCUT2D eigenvalue weighted by atomic mass is 9.83. The molecule has 1 aliphatic carbocycles. The van der Waals surface area contributed by atoms with Gasteiger partial charge < -0.3 is 28.4 Å². The minimum absolute atomic E-state index is 0.0354. The summed E-state index contributed by atoms with van der Waals surface area (Å²) in [6.45, 7) is 8.41. The lowest BCUT2D eigenvalue weighted by Crippen LogP contribution is -2.46. The number of thiophene rings is 1. The van der Waals surface area contributed by atoms with Gasteiger partial charge in [-0.15, -0.1) is 11.3 Å². The summed E-state index contributed by atoms with van der Waals surface area (Å²) in [6, 6.07) is 32.5. The molecule has 69 heavy (non-hydrogen) atoms. The van der Waals surface area contributed by atoms with E-state index in [0.29, 0.717) is 43.2 Å². The van der Waals surface area contributed by atoms with Crippen LogP contribution in [0.1, 0.15) is 94.7 Å². The van der Waals surface area contributed by atoms with E-state index in [1.807, 2.05) is 113 Å². The standard InChI is InChI=1S/C18H14Cl2N2OS.C18H18Cl2N2O.C17H18Cl2N2O/c19-13-6-5-12(11-14(13)20)17-15-3-1-7-21(15)8-9-22(17)18(23)16-4-2-10-24-16;19-14-7-6-13(11-15(14)20)17-16-5-2-8-21(16)9-10-22(17)18(23)12-3-1-4-12;1-11(2)17(22)21-9-8-20-7-3-4-15(20)16(21)12-5-6-13(18)14(19)10-12/h1-7,10-11,17H,8-9H2;2,5-8,11-12,17H,1,3-4,9-10H2;3-7,10-11,16H,8-9H2,1-2H3. The molecule has 7 aromatic rings. The number of hydrogen-bond acceptors (Lipinski definition) is 4. The highest BCUT2D eigenvalue weighted by Gasteiger charge is 2.38. The molecule has 3 unspecified atom stereocenters. The number of nitrogens with zero attached hydrogens (tertiary/aromatic N) is 6. The summed E-state index contributed by atoms with van der Waals surface area (Å²) >= 11 is 38.2. The normalized spacial score (nSPS) is 18.5. The molecule has 3 amide bonds. The molecule has 16 heteroatoms. The Hall–Kier alpha value is -4.65. The van der Waals surface area contributed by atoms with Crippen molar-refractivity contribution in [2.75, 3.05) is 19.6 Å². The van der Waals surface area contributed by atoms with Crippen molar-refractivity contribution in [3.8, 4) is 0 Å². The smallest absolute Gasteiger partial charge is 0.264 e. The van der Waals surface area contributed by atoms with Gasteiger partial charge in [0.15, 0.2) is 0 Å². The number of carbonyl (C=O) groups excluding carboxylic acids is 3. The van der Waals surface area contributed by atoms with E-state index in [0.717, 1.165) is 84.1 Å². The topological polar surface area (TPSA) is 75.7 Å². The molecule has 0 spiro atoms. The van der Waals surface area contributed by atoms with Crippen LogP contribution in [0.3, 0.4) is 0 Å². The predicted octanol–water partition coefficient (Wildman–Crippen LogP) is 14.0. The molecule has 4 aliphatic rings. The number of benzene rings is 3. The molecule has 4 aromatic heterocycles. The van der Waals surface area contributed by atoms with E-state index in [9.17, 15) is 14.4 Å². The Morgan fingerprint density at radius 1 is 0.507 bits per heavy atom. The number of aromatic nitrogens is 3. The fourth-order valence-corrected chi connectivity index (χ4v) is 11.3. The maximum Gasteiger partial charge on any atom is 0.264 e. The van der Waals surface area contributed by atoms with Crippen molar-refractivity contribution in [1.29, 1.82) is 0 Å². The Kier molecular flexibility index (Phi) is 15.3. The summed E-state index contributed by atoms with van der Waals surface area (Å²) in [6.07, 6.45) is 9.38. The van der Waals surface area contributed by atoms with Crippen LogP contribution in [0.25, 0.3) is 0 Å². The van der Waals surface area contributed by atoms with Gasteiger partial charge in [-0.25, -0.2) is 0 Å². The highest BCUT2D eigenvalue weighted by atomic mass is 35.5. The zero-order chi connectivity index (χ0) is 48.5. The van der Waals surface area contributed by atoms with Gasteiger partial charge in [-0.3, -0.25) is 14.4 Å². The summed E-state index contributed by atoms with van der Waals surface area (Å²) in [5, 5.41) is 5.05. The quantitative estimate of drug-likeness (QED) is 0.166. The van der Waals surface area contributed by atoms with Crippen molar-refractivity contribution in [3.63, 3.8) is 0 Å². The van der Waals surface area contributed by atoms with Crippen LogP contribution < -0.4 is 0 Å². The fourth-order valence-electron chi connectivity index (χ4n) is 9.71. The van der Waals surface area contributed by atoms with Crippen LogP contribution in [0.4, 0.5) is 0 Å².